The standard InChI is InChI=1S/C18H20ClN3O2/c1-12(10-14-6-4-5-9-20-14)22(3)18(24)16-11-15(21-13(2)23)7-8-17(16)19/h4-9,11-12H,10H2,1-3H3,(H,21,23)/t12-/m1/s1. The first-order chi connectivity index (χ1) is 11.4. The van der Waals surface area contributed by atoms with Crippen LogP contribution in [0, 0.1) is 0 Å². The van der Waals surface area contributed by atoms with Crippen LogP contribution < -0.4 is 5.32 Å². The molecule has 5 nitrogen and oxygen atoms in total. The van der Waals surface area contributed by atoms with Crippen LogP contribution in [0.3, 0.4) is 0 Å². The minimum absolute atomic E-state index is 0.0483. The van der Waals surface area contributed by atoms with Crippen molar-refractivity contribution >= 4 is 29.1 Å². The fraction of sp³-hybridized carbons (Fsp3) is 0.278. The van der Waals surface area contributed by atoms with Crippen molar-refractivity contribution in [2.45, 2.75) is 26.3 Å². The van der Waals surface area contributed by atoms with E-state index in [1.54, 1.807) is 36.3 Å². The van der Waals surface area contributed by atoms with Crippen molar-refractivity contribution in [2.75, 3.05) is 12.4 Å². The maximum absolute atomic E-state index is 12.7. The number of amides is 2. The molecule has 1 aromatic carbocycles. The Morgan fingerprint density at radius 3 is 2.67 bits per heavy atom. The third-order valence-corrected chi connectivity index (χ3v) is 4.06. The van der Waals surface area contributed by atoms with Crippen molar-refractivity contribution in [1.29, 1.82) is 0 Å². The van der Waals surface area contributed by atoms with Gasteiger partial charge in [0.1, 0.15) is 0 Å². The summed E-state index contributed by atoms with van der Waals surface area (Å²) in [6.45, 7) is 3.37. The SMILES string of the molecule is CC(=O)Nc1ccc(Cl)c(C(=O)N(C)[C@H](C)Cc2ccccn2)c1. The van der Waals surface area contributed by atoms with Crippen molar-refractivity contribution in [3.8, 4) is 0 Å². The van der Waals surface area contributed by atoms with Gasteiger partial charge in [-0.2, -0.15) is 0 Å². The Hall–Kier alpha value is -2.40. The normalized spacial score (nSPS) is 11.7. The maximum Gasteiger partial charge on any atom is 0.255 e. The zero-order valence-electron chi connectivity index (χ0n) is 13.9. The molecule has 1 atom stereocenters. The molecule has 126 valence electrons. The first-order valence-electron chi connectivity index (χ1n) is 7.62. The number of carbonyl (C=O) groups is 2. The Bertz CT molecular complexity index is 734. The van der Waals surface area contributed by atoms with Gasteiger partial charge < -0.3 is 10.2 Å². The molecule has 0 aliphatic carbocycles. The summed E-state index contributed by atoms with van der Waals surface area (Å²) in [6, 6.07) is 10.5. The third kappa shape index (κ3) is 4.55. The highest BCUT2D eigenvalue weighted by Crippen LogP contribution is 2.23. The van der Waals surface area contributed by atoms with Crippen molar-refractivity contribution in [3.05, 3.63) is 58.9 Å². The van der Waals surface area contributed by atoms with Crippen LogP contribution in [0.5, 0.6) is 0 Å². The fourth-order valence-corrected chi connectivity index (χ4v) is 2.52. The molecule has 0 unspecified atom stereocenters. The Balaban J connectivity index is 2.16. The molecule has 24 heavy (non-hydrogen) atoms. The zero-order valence-corrected chi connectivity index (χ0v) is 14.7. The second-order valence-corrected chi connectivity index (χ2v) is 6.07. The second kappa shape index (κ2) is 7.93. The number of likely N-dealkylation sites (N-methyl/N-ethyl adjacent to an activating group) is 1. The lowest BCUT2D eigenvalue weighted by atomic mass is 10.1. The van der Waals surface area contributed by atoms with Crippen LogP contribution in [0.4, 0.5) is 5.69 Å². The second-order valence-electron chi connectivity index (χ2n) is 5.67. The molecule has 1 heterocycles. The van der Waals surface area contributed by atoms with Gasteiger partial charge in [0.15, 0.2) is 0 Å². The molecule has 1 aromatic heterocycles. The summed E-state index contributed by atoms with van der Waals surface area (Å²) in [7, 11) is 1.73. The van der Waals surface area contributed by atoms with Crippen molar-refractivity contribution in [3.63, 3.8) is 0 Å². The number of halogens is 1. The van der Waals surface area contributed by atoms with Gasteiger partial charge in [-0.15, -0.1) is 0 Å². The number of benzene rings is 1. The quantitative estimate of drug-likeness (QED) is 0.903. The van der Waals surface area contributed by atoms with E-state index >= 15 is 0 Å². The summed E-state index contributed by atoms with van der Waals surface area (Å²) >= 11 is 6.16. The largest absolute Gasteiger partial charge is 0.339 e. The van der Waals surface area contributed by atoms with Gasteiger partial charge in [0.2, 0.25) is 5.91 Å². The topological polar surface area (TPSA) is 62.3 Å². The van der Waals surface area contributed by atoms with Crippen LogP contribution in [0.15, 0.2) is 42.6 Å². The van der Waals surface area contributed by atoms with Gasteiger partial charge in [0.25, 0.3) is 5.91 Å². The van der Waals surface area contributed by atoms with Gasteiger partial charge >= 0.3 is 0 Å². The minimum atomic E-state index is -0.201. The number of aromatic nitrogens is 1. The first-order valence-corrected chi connectivity index (χ1v) is 8.00. The van der Waals surface area contributed by atoms with Gasteiger partial charge in [-0.05, 0) is 37.3 Å². The lowest BCUT2D eigenvalue weighted by Crippen LogP contribution is -2.36. The predicted molar refractivity (Wildman–Crippen MR) is 95.3 cm³/mol. The highest BCUT2D eigenvalue weighted by molar-refractivity contribution is 6.34. The minimum Gasteiger partial charge on any atom is -0.339 e. The van der Waals surface area contributed by atoms with E-state index in [1.807, 2.05) is 25.1 Å². The average Bonchev–Trinajstić information content (AvgIpc) is 2.55. The van der Waals surface area contributed by atoms with Gasteiger partial charge in [0.05, 0.1) is 10.6 Å². The van der Waals surface area contributed by atoms with Crippen LogP contribution in [-0.2, 0) is 11.2 Å². The Labute approximate surface area is 146 Å². The third-order valence-electron chi connectivity index (χ3n) is 3.73. The van der Waals surface area contributed by atoms with Crippen LogP contribution in [0.1, 0.15) is 29.9 Å². The average molecular weight is 346 g/mol. The molecule has 0 radical (unpaired) electrons. The summed E-state index contributed by atoms with van der Waals surface area (Å²) in [5.74, 6) is -0.400. The smallest absolute Gasteiger partial charge is 0.255 e. The molecule has 2 aromatic rings. The summed E-state index contributed by atoms with van der Waals surface area (Å²) in [5, 5.41) is 3.01. The number of hydrogen-bond donors (Lipinski definition) is 1. The van der Waals surface area contributed by atoms with Crippen molar-refractivity contribution in [1.82, 2.24) is 9.88 Å². The zero-order chi connectivity index (χ0) is 17.7. The van der Waals surface area contributed by atoms with E-state index in [0.29, 0.717) is 22.7 Å². The van der Waals surface area contributed by atoms with E-state index < -0.39 is 0 Å². The highest BCUT2D eigenvalue weighted by atomic mass is 35.5. The summed E-state index contributed by atoms with van der Waals surface area (Å²) in [5.41, 5.74) is 1.82. The molecule has 6 heteroatoms. The number of hydrogen-bond acceptors (Lipinski definition) is 3. The van der Waals surface area contributed by atoms with Crippen molar-refractivity contribution < 1.29 is 9.59 Å². The molecule has 1 N–H and O–H groups in total. The number of pyridine rings is 1. The Morgan fingerprint density at radius 1 is 1.29 bits per heavy atom. The summed E-state index contributed by atoms with van der Waals surface area (Å²) in [4.78, 5) is 29.8. The van der Waals surface area contributed by atoms with Gasteiger partial charge in [-0.25, -0.2) is 0 Å². The molecule has 0 fully saturated rings. The van der Waals surface area contributed by atoms with E-state index in [4.69, 9.17) is 11.6 Å². The molecular formula is C18H20ClN3O2. The van der Waals surface area contributed by atoms with E-state index in [0.717, 1.165) is 5.69 Å². The van der Waals surface area contributed by atoms with Crippen LogP contribution >= 0.6 is 11.6 Å². The molecule has 2 amide bonds. The van der Waals surface area contributed by atoms with E-state index in [2.05, 4.69) is 10.3 Å². The number of rotatable bonds is 5. The molecule has 0 aliphatic heterocycles. The molecule has 0 bridgehead atoms. The van der Waals surface area contributed by atoms with Gasteiger partial charge in [-0.3, -0.25) is 14.6 Å². The summed E-state index contributed by atoms with van der Waals surface area (Å²) < 4.78 is 0. The molecular weight excluding hydrogens is 326 g/mol. The van der Waals surface area contributed by atoms with Crippen LogP contribution in [0.2, 0.25) is 5.02 Å². The van der Waals surface area contributed by atoms with Gasteiger partial charge in [0, 0.05) is 44.0 Å². The summed E-state index contributed by atoms with van der Waals surface area (Å²) in [6.07, 6.45) is 2.38. The van der Waals surface area contributed by atoms with Crippen LogP contribution in [-0.4, -0.2) is 34.8 Å². The monoisotopic (exact) mass is 345 g/mol. The van der Waals surface area contributed by atoms with E-state index in [-0.39, 0.29) is 17.9 Å². The first kappa shape index (κ1) is 17.9. The van der Waals surface area contributed by atoms with E-state index in [9.17, 15) is 9.59 Å². The Morgan fingerprint density at radius 2 is 2.04 bits per heavy atom. The number of nitrogens with zero attached hydrogens (tertiary/aromatic N) is 2. The lowest BCUT2D eigenvalue weighted by Gasteiger charge is -2.25. The molecule has 0 spiro atoms. The lowest BCUT2D eigenvalue weighted by molar-refractivity contribution is -0.114. The van der Waals surface area contributed by atoms with E-state index in [1.165, 1.54) is 6.92 Å². The highest BCUT2D eigenvalue weighted by Gasteiger charge is 2.21. The molecule has 0 saturated carbocycles. The van der Waals surface area contributed by atoms with Crippen molar-refractivity contribution in [2.24, 2.45) is 0 Å². The predicted octanol–water partition coefficient (Wildman–Crippen LogP) is 3.40. The molecule has 0 saturated heterocycles. The van der Waals surface area contributed by atoms with Gasteiger partial charge in [-0.1, -0.05) is 17.7 Å². The Kier molecular flexibility index (Phi) is 5.93. The fourth-order valence-electron chi connectivity index (χ4n) is 2.32. The number of anilines is 1. The van der Waals surface area contributed by atoms with Crippen LogP contribution in [0.25, 0.3) is 0 Å². The number of carbonyl (C=O) groups excluding carboxylic acids is 2. The molecule has 0 aliphatic rings. The maximum atomic E-state index is 12.7. The number of nitrogens with one attached hydrogen (secondary N) is 1. The molecule has 2 rings (SSSR count).